The average molecular weight is 813 g/mol. The van der Waals surface area contributed by atoms with Crippen LogP contribution in [0.3, 0.4) is 0 Å². The van der Waals surface area contributed by atoms with Crippen LogP contribution in [-0.4, -0.2) is 82.3 Å². The third-order valence-corrected chi connectivity index (χ3v) is 10.4. The molecule has 0 saturated carbocycles. The van der Waals surface area contributed by atoms with Crippen LogP contribution in [0.1, 0.15) is 200 Å². The summed E-state index contributed by atoms with van der Waals surface area (Å²) < 4.78 is 16.4. The van der Waals surface area contributed by atoms with E-state index in [-0.39, 0.29) is 39.8 Å². The summed E-state index contributed by atoms with van der Waals surface area (Å²) >= 11 is 0. The zero-order valence-electron chi connectivity index (χ0n) is 34.0. The van der Waals surface area contributed by atoms with E-state index in [1.165, 1.54) is 186 Å². The molecular weight excluding hydrogens is 724 g/mol. The molecular formula is C42H88Br2N2O2. The summed E-state index contributed by atoms with van der Waals surface area (Å²) in [6.45, 7) is 7.10. The lowest BCUT2D eigenvalue weighted by Crippen LogP contribution is -3.00. The first kappa shape index (κ1) is 50.9. The van der Waals surface area contributed by atoms with Gasteiger partial charge in [-0.25, -0.2) is 0 Å². The van der Waals surface area contributed by atoms with Crippen LogP contribution >= 0.6 is 0 Å². The van der Waals surface area contributed by atoms with E-state index in [4.69, 9.17) is 9.47 Å². The van der Waals surface area contributed by atoms with Crippen molar-refractivity contribution in [2.75, 3.05) is 55.4 Å². The van der Waals surface area contributed by atoms with Crippen LogP contribution in [0.15, 0.2) is 0 Å². The second-order valence-electron chi connectivity index (χ2n) is 17.5. The molecule has 0 N–H and O–H groups in total. The molecule has 1 rings (SSSR count). The van der Waals surface area contributed by atoms with Crippen LogP contribution in [-0.2, 0) is 9.47 Å². The monoisotopic (exact) mass is 811 g/mol. The minimum Gasteiger partial charge on any atom is -1.00 e. The summed E-state index contributed by atoms with van der Waals surface area (Å²) in [6.07, 6.45) is 39.4. The number of hydrogen-bond acceptors (Lipinski definition) is 2. The minimum absolute atomic E-state index is 0. The topological polar surface area (TPSA) is 18.5 Å². The maximum Gasteiger partial charge on any atom is 0.169 e. The summed E-state index contributed by atoms with van der Waals surface area (Å²) in [7, 11) is 13.9. The quantitative estimate of drug-likeness (QED) is 0.0578. The molecule has 1 saturated heterocycles. The highest BCUT2D eigenvalue weighted by Gasteiger charge is 2.46. The van der Waals surface area contributed by atoms with Gasteiger partial charge in [0.05, 0.1) is 67.6 Å². The van der Waals surface area contributed by atoms with Crippen molar-refractivity contribution in [2.24, 2.45) is 0 Å². The number of rotatable bonds is 33. The normalized spacial score (nSPS) is 19.8. The van der Waals surface area contributed by atoms with Gasteiger partial charge in [0.15, 0.2) is 5.79 Å². The Morgan fingerprint density at radius 3 is 1.04 bits per heavy atom. The molecule has 0 aromatic rings. The molecule has 3 atom stereocenters. The van der Waals surface area contributed by atoms with Gasteiger partial charge in [-0.05, 0) is 32.1 Å². The summed E-state index contributed by atoms with van der Waals surface area (Å²) in [6, 6.07) is 0. The van der Waals surface area contributed by atoms with Gasteiger partial charge in [-0.1, -0.05) is 149 Å². The molecule has 292 valence electrons. The summed E-state index contributed by atoms with van der Waals surface area (Å²) in [5.41, 5.74) is 0. The molecule has 0 aromatic carbocycles. The Morgan fingerprint density at radius 2 is 0.667 bits per heavy atom. The molecule has 0 unspecified atom stereocenters. The second kappa shape index (κ2) is 31.3. The van der Waals surface area contributed by atoms with Gasteiger partial charge in [-0.15, -0.1) is 0 Å². The summed E-state index contributed by atoms with van der Waals surface area (Å²) in [5, 5.41) is 0. The molecule has 0 spiro atoms. The van der Waals surface area contributed by atoms with Crippen LogP contribution in [0.5, 0.6) is 0 Å². The standard InChI is InChI=1S/C42H88N2O2.2BrH/c1-9-11-13-15-17-18-19-20-21-23-27-31-36-42(37-33-39-44(6,7)8)45-40(34-29-25-16-14-12-10-2)41(46-42)35-30-26-22-24-28-32-38-43(3,4)5;;/h40-41H,9-39H2,1-8H3;2*1H/q+2;;/p-2/t40-,41-,42+;;/m0../s1. The smallest absolute Gasteiger partial charge is 0.169 e. The van der Waals surface area contributed by atoms with Crippen molar-refractivity contribution < 1.29 is 52.4 Å². The van der Waals surface area contributed by atoms with Crippen molar-refractivity contribution in [3.8, 4) is 0 Å². The van der Waals surface area contributed by atoms with Crippen molar-refractivity contribution in [2.45, 2.75) is 218 Å². The maximum absolute atomic E-state index is 7.12. The number of nitrogens with zero attached hydrogens (tertiary/aromatic N) is 2. The fourth-order valence-corrected chi connectivity index (χ4v) is 7.40. The molecule has 1 aliphatic heterocycles. The van der Waals surface area contributed by atoms with Crippen molar-refractivity contribution in [3.63, 3.8) is 0 Å². The highest BCUT2D eigenvalue weighted by molar-refractivity contribution is 4.87. The molecule has 4 nitrogen and oxygen atoms in total. The Morgan fingerprint density at radius 1 is 0.375 bits per heavy atom. The summed E-state index contributed by atoms with van der Waals surface area (Å²) in [4.78, 5) is 0. The number of unbranched alkanes of at least 4 members (excludes halogenated alkanes) is 21. The highest BCUT2D eigenvalue weighted by Crippen LogP contribution is 2.41. The van der Waals surface area contributed by atoms with Crippen molar-refractivity contribution >= 4 is 0 Å². The van der Waals surface area contributed by atoms with Gasteiger partial charge in [0.2, 0.25) is 0 Å². The fourth-order valence-electron chi connectivity index (χ4n) is 7.40. The molecule has 6 heteroatoms. The van der Waals surface area contributed by atoms with Gasteiger partial charge >= 0.3 is 0 Å². The lowest BCUT2D eigenvalue weighted by atomic mass is 9.99. The highest BCUT2D eigenvalue weighted by atomic mass is 79.9. The van der Waals surface area contributed by atoms with Crippen LogP contribution in [0.4, 0.5) is 0 Å². The Bertz CT molecular complexity index is 682. The molecule has 0 amide bonds. The van der Waals surface area contributed by atoms with Gasteiger partial charge in [-0.3, -0.25) is 0 Å². The van der Waals surface area contributed by atoms with Crippen LogP contribution in [0.2, 0.25) is 0 Å². The van der Waals surface area contributed by atoms with E-state index in [9.17, 15) is 0 Å². The SMILES string of the molecule is CCCCCCCCCCCCCC[C@@]1(CCC[N+](C)(C)C)O[C@@H](CCCCCCCC)[C@H](CCCCCCCC[N+](C)(C)C)O1.[Br-].[Br-]. The molecule has 1 fully saturated rings. The molecule has 1 aliphatic rings. The Labute approximate surface area is 324 Å². The van der Waals surface area contributed by atoms with Crippen LogP contribution in [0.25, 0.3) is 0 Å². The molecule has 1 heterocycles. The van der Waals surface area contributed by atoms with Gasteiger partial charge < -0.3 is 52.4 Å². The second-order valence-corrected chi connectivity index (χ2v) is 17.5. The Kier molecular flexibility index (Phi) is 33.2. The van der Waals surface area contributed by atoms with E-state index in [1.807, 2.05) is 0 Å². The zero-order valence-corrected chi connectivity index (χ0v) is 37.2. The average Bonchev–Trinajstić information content (AvgIpc) is 3.32. The fraction of sp³-hybridized carbons (Fsp3) is 1.00. The molecule has 0 bridgehead atoms. The minimum atomic E-state index is -0.337. The van der Waals surface area contributed by atoms with Crippen molar-refractivity contribution in [3.05, 3.63) is 0 Å². The third-order valence-electron chi connectivity index (χ3n) is 10.4. The Hall–Kier alpha value is 0.800. The van der Waals surface area contributed by atoms with Crippen LogP contribution < -0.4 is 34.0 Å². The first-order valence-corrected chi connectivity index (χ1v) is 21.0. The third kappa shape index (κ3) is 29.4. The van der Waals surface area contributed by atoms with Crippen molar-refractivity contribution in [1.82, 2.24) is 0 Å². The lowest BCUT2D eigenvalue weighted by Gasteiger charge is -2.31. The number of quaternary nitrogens is 2. The molecule has 0 aliphatic carbocycles. The summed E-state index contributed by atoms with van der Waals surface area (Å²) in [5.74, 6) is -0.337. The van der Waals surface area contributed by atoms with E-state index in [1.54, 1.807) is 0 Å². The van der Waals surface area contributed by atoms with Crippen LogP contribution in [0, 0.1) is 0 Å². The maximum atomic E-state index is 7.12. The molecule has 48 heavy (non-hydrogen) atoms. The number of halogens is 2. The molecule has 0 radical (unpaired) electrons. The molecule has 0 aromatic heterocycles. The van der Waals surface area contributed by atoms with E-state index in [0.717, 1.165) is 21.8 Å². The van der Waals surface area contributed by atoms with E-state index >= 15 is 0 Å². The van der Waals surface area contributed by atoms with E-state index in [2.05, 4.69) is 56.1 Å². The predicted octanol–water partition coefficient (Wildman–Crippen LogP) is 6.24. The van der Waals surface area contributed by atoms with E-state index in [0.29, 0.717) is 12.2 Å². The zero-order chi connectivity index (χ0) is 34.0. The van der Waals surface area contributed by atoms with E-state index < -0.39 is 0 Å². The number of ether oxygens (including phenoxy) is 2. The van der Waals surface area contributed by atoms with Gasteiger partial charge in [0.1, 0.15) is 0 Å². The first-order valence-electron chi connectivity index (χ1n) is 21.0. The Balaban J connectivity index is 0. The van der Waals surface area contributed by atoms with Gasteiger partial charge in [0, 0.05) is 19.3 Å². The van der Waals surface area contributed by atoms with Gasteiger partial charge in [0.25, 0.3) is 0 Å². The van der Waals surface area contributed by atoms with Gasteiger partial charge in [-0.2, -0.15) is 0 Å². The first-order chi connectivity index (χ1) is 22.0. The predicted molar refractivity (Wildman–Crippen MR) is 204 cm³/mol. The largest absolute Gasteiger partial charge is 1.00 e. The number of hydrogen-bond donors (Lipinski definition) is 0. The van der Waals surface area contributed by atoms with Crippen molar-refractivity contribution in [1.29, 1.82) is 0 Å². The lowest BCUT2D eigenvalue weighted by molar-refractivity contribution is -0.870.